The van der Waals surface area contributed by atoms with Gasteiger partial charge >= 0.3 is 266 Å². The number of hydrogen-bond donors (Lipinski definition) is 0. The molecule has 8 aromatic heterocycles. The Morgan fingerprint density at radius 1 is 0.275 bits per heavy atom. The van der Waals surface area contributed by atoms with Crippen molar-refractivity contribution >= 4 is 112 Å². The first kappa shape index (κ1) is 64.4. The minimum atomic E-state index is -2.56. The third-order valence-corrected chi connectivity index (χ3v) is 44.9. The molecule has 8 rings (SSSR count). The predicted molar refractivity (Wildman–Crippen MR) is 376 cm³/mol. The van der Waals surface area contributed by atoms with E-state index in [9.17, 15) is 0 Å². The average molecular weight is 1330 g/mol. The molecule has 0 spiro atoms. The summed E-state index contributed by atoms with van der Waals surface area (Å²) in [5, 5.41) is 2.30. The first-order valence-electron chi connectivity index (χ1n) is 32.2. The molecule has 0 aliphatic rings. The van der Waals surface area contributed by atoms with Crippen molar-refractivity contribution in [3.63, 3.8) is 0 Å². The molecule has 0 bridgehead atoms. The summed E-state index contributed by atoms with van der Waals surface area (Å²) in [6, 6.07) is 30.0. The molecule has 8 heterocycles. The Morgan fingerprint density at radius 3 is 1.00 bits per heavy atom. The van der Waals surface area contributed by atoms with Crippen molar-refractivity contribution in [1.29, 1.82) is 0 Å². The van der Waals surface area contributed by atoms with Crippen LogP contribution in [0, 0.1) is 0 Å². The van der Waals surface area contributed by atoms with Gasteiger partial charge in [0.1, 0.15) is 0 Å². The third-order valence-electron chi connectivity index (χ3n) is 16.7. The molecule has 0 amide bonds. The number of unbranched alkanes of at least 4 members (excludes halogenated alkanes) is 15. The van der Waals surface area contributed by atoms with Gasteiger partial charge in [-0.1, -0.05) is 78.6 Å². The Kier molecular flexibility index (Phi) is 27.8. The fourth-order valence-corrected chi connectivity index (χ4v) is 40.6. The van der Waals surface area contributed by atoms with Crippen molar-refractivity contribution in [3.8, 4) is 58.5 Å². The van der Waals surface area contributed by atoms with Crippen molar-refractivity contribution in [2.24, 2.45) is 0 Å². The third kappa shape index (κ3) is 18.0. The standard InChI is InChI=1S/C59H71S8.3C4H9.Sn/c1-5-9-13-17-22-42-36-38-60-56(42)52-32-28-48(64-52)50-30-34-54(66-50)58-44(24-19-15-11-7-3)40-46(62-58)26-21-27-47-41-45(25-20-16-12-8-4)59(63-47)55-35-31-51(67-55)49-29-33-53(65-49)57-43(37-39-61-57)23-18-14-10-6-2;3*1-3-4-2;/h28-38,40-41H,5-27H2,1-4H3;3*1,3-4H2,2H3;. The molecule has 0 radical (unpaired) electrons. The predicted octanol–water partition coefficient (Wildman–Crippen LogP) is 26.9. The van der Waals surface area contributed by atoms with Crippen LogP contribution in [0.5, 0.6) is 0 Å². The van der Waals surface area contributed by atoms with Gasteiger partial charge in [-0.3, -0.25) is 0 Å². The van der Waals surface area contributed by atoms with Gasteiger partial charge in [0, 0.05) is 34.1 Å². The molecular weight excluding hydrogens is 1230 g/mol. The molecule has 0 nitrogen and oxygen atoms in total. The zero-order valence-electron chi connectivity index (χ0n) is 50.4. The van der Waals surface area contributed by atoms with Crippen molar-refractivity contribution in [2.75, 3.05) is 0 Å². The topological polar surface area (TPSA) is 0 Å². The minimum absolute atomic E-state index is 1.16. The van der Waals surface area contributed by atoms with E-state index in [1.807, 2.05) is 36.9 Å². The van der Waals surface area contributed by atoms with Crippen LogP contribution in [0.2, 0.25) is 13.3 Å². The van der Waals surface area contributed by atoms with Gasteiger partial charge in [-0.25, -0.2) is 0 Å². The second-order valence-corrected chi connectivity index (χ2v) is 46.0. The zero-order valence-corrected chi connectivity index (χ0v) is 59.8. The maximum atomic E-state index is 2.82. The summed E-state index contributed by atoms with van der Waals surface area (Å²) in [6.45, 7) is 16.6. The molecule has 0 aliphatic carbocycles. The van der Waals surface area contributed by atoms with Crippen LogP contribution in [0.15, 0.2) is 78.2 Å². The molecule has 0 atom stereocenters. The van der Waals surface area contributed by atoms with E-state index >= 15 is 0 Å². The van der Waals surface area contributed by atoms with Gasteiger partial charge in [0.25, 0.3) is 0 Å². The summed E-state index contributed by atoms with van der Waals surface area (Å²) in [5.74, 6) is 0. The van der Waals surface area contributed by atoms with Gasteiger partial charge in [-0.2, -0.15) is 0 Å². The van der Waals surface area contributed by atoms with Gasteiger partial charge in [-0.05, 0) is 104 Å². The number of thiophene rings is 8. The number of aryl methyl sites for hydroxylation is 6. The van der Waals surface area contributed by atoms with Gasteiger partial charge in [0.05, 0.1) is 0 Å². The van der Waals surface area contributed by atoms with Crippen LogP contribution in [0.4, 0.5) is 0 Å². The summed E-state index contributed by atoms with van der Waals surface area (Å²) in [7, 11) is 0. The molecule has 434 valence electrons. The Balaban J connectivity index is 0.986. The Labute approximate surface area is 523 Å². The van der Waals surface area contributed by atoms with Crippen molar-refractivity contribution in [2.45, 2.75) is 248 Å². The fourth-order valence-electron chi connectivity index (χ4n) is 11.9. The van der Waals surface area contributed by atoms with E-state index in [0.29, 0.717) is 0 Å². The van der Waals surface area contributed by atoms with Crippen LogP contribution in [0.1, 0.15) is 228 Å². The summed E-state index contributed by atoms with van der Waals surface area (Å²) < 4.78 is 6.58. The van der Waals surface area contributed by atoms with Crippen LogP contribution >= 0.6 is 90.7 Å². The molecule has 0 saturated heterocycles. The number of hydrogen-bond acceptors (Lipinski definition) is 8. The first-order valence-corrected chi connectivity index (χ1v) is 46.3. The van der Waals surface area contributed by atoms with E-state index in [2.05, 4.69) is 183 Å². The van der Waals surface area contributed by atoms with E-state index in [-0.39, 0.29) is 0 Å². The van der Waals surface area contributed by atoms with Crippen molar-refractivity contribution in [1.82, 2.24) is 0 Å². The average Bonchev–Trinajstić information content (AvgIpc) is 4.39. The zero-order chi connectivity index (χ0) is 55.9. The molecule has 0 aromatic carbocycles. The van der Waals surface area contributed by atoms with Crippen LogP contribution in [-0.4, -0.2) is 18.4 Å². The molecule has 80 heavy (non-hydrogen) atoms. The quantitative estimate of drug-likeness (QED) is 0.0265. The molecule has 0 N–H and O–H groups in total. The summed E-state index contributed by atoms with van der Waals surface area (Å²) in [4.78, 5) is 21.0. The molecular formula is C71H98S8Sn. The Hall–Kier alpha value is -1.60. The van der Waals surface area contributed by atoms with Gasteiger partial charge in [0.2, 0.25) is 0 Å². The molecule has 0 unspecified atom stereocenters. The van der Waals surface area contributed by atoms with E-state index < -0.39 is 18.4 Å². The normalized spacial score (nSPS) is 12.0. The Morgan fingerprint density at radius 2 is 0.613 bits per heavy atom. The molecule has 0 fully saturated rings. The van der Waals surface area contributed by atoms with Crippen molar-refractivity contribution in [3.05, 3.63) is 110 Å². The second-order valence-electron chi connectivity index (χ2n) is 23.2. The van der Waals surface area contributed by atoms with E-state index in [4.69, 9.17) is 0 Å². The number of rotatable bonds is 40. The SMILES string of the molecule is CCCCCCc1ccsc1-c1ccc(-c2ccc(-c3sc(CCCc4cc(CCCCCC)c(-c5ccc(-c6ccc(-c7s[c]([Sn]([CH2]CCC)([CH2]CCC)[CH2]CCC)cc7CCCCCC)s6)s5)s4)cc3CCCCCC)s2)s1. The monoisotopic (exact) mass is 1330 g/mol. The summed E-state index contributed by atoms with van der Waals surface area (Å²) >= 11 is 14.0. The van der Waals surface area contributed by atoms with Crippen LogP contribution in [-0.2, 0) is 38.5 Å². The molecule has 0 aliphatic heterocycles. The largest absolute Gasteiger partial charge is 0.134 e. The van der Waals surface area contributed by atoms with E-state index in [1.54, 1.807) is 55.1 Å². The van der Waals surface area contributed by atoms with E-state index in [0.717, 1.165) is 12.8 Å². The van der Waals surface area contributed by atoms with Gasteiger partial charge in [-0.15, -0.1) is 45.3 Å². The Bertz CT molecular complexity index is 2960. The first-order chi connectivity index (χ1) is 39.3. The van der Waals surface area contributed by atoms with Crippen LogP contribution < -0.4 is 2.89 Å². The van der Waals surface area contributed by atoms with Crippen LogP contribution in [0.25, 0.3) is 58.5 Å². The summed E-state index contributed by atoms with van der Waals surface area (Å²) in [5.41, 5.74) is 6.42. The van der Waals surface area contributed by atoms with Gasteiger partial charge < -0.3 is 0 Å². The molecule has 0 saturated carbocycles. The minimum Gasteiger partial charge on any atom is -0.134 e. The smallest absolute Gasteiger partial charge is 0.0264 e. The van der Waals surface area contributed by atoms with E-state index in [1.165, 1.54) is 222 Å². The maximum Gasteiger partial charge on any atom is -0.0264 e. The van der Waals surface area contributed by atoms with Gasteiger partial charge in [0.15, 0.2) is 0 Å². The fraction of sp³-hybridized carbons (Fsp3) is 0.549. The van der Waals surface area contributed by atoms with Crippen molar-refractivity contribution < 1.29 is 0 Å². The summed E-state index contributed by atoms with van der Waals surface area (Å²) in [6.07, 6.45) is 37.8. The molecule has 9 heteroatoms. The second kappa shape index (κ2) is 34.5. The molecule has 8 aromatic rings. The maximum absolute atomic E-state index is 2.82. The van der Waals surface area contributed by atoms with Crippen LogP contribution in [0.3, 0.4) is 0 Å².